The number of benzene rings is 4. The number of carbonyl (C=O) groups is 1. The van der Waals surface area contributed by atoms with Crippen molar-refractivity contribution in [2.75, 3.05) is 23.0 Å². The van der Waals surface area contributed by atoms with Gasteiger partial charge in [0.05, 0.1) is 16.8 Å². The van der Waals surface area contributed by atoms with E-state index in [9.17, 15) is 4.79 Å². The first-order chi connectivity index (χ1) is 16.7. The van der Waals surface area contributed by atoms with Crippen LogP contribution in [0.4, 0.5) is 23.0 Å². The van der Waals surface area contributed by atoms with Gasteiger partial charge < -0.3 is 16.0 Å². The number of fused-ring (bicyclic) bond motifs is 1. The molecule has 1 aromatic heterocycles. The SMILES string of the molecule is CNc1ncc2cc(-c3ccc(NC(=O)c4ccccc4Nc4ccccc4)cc3)ccc2n1. The lowest BCUT2D eigenvalue weighted by Crippen LogP contribution is -2.13. The van der Waals surface area contributed by atoms with Crippen LogP contribution >= 0.6 is 0 Å². The average molecular weight is 446 g/mol. The van der Waals surface area contributed by atoms with Crippen LogP contribution in [0.1, 0.15) is 10.4 Å². The molecule has 0 bridgehead atoms. The molecule has 0 spiro atoms. The second-order valence-electron chi connectivity index (χ2n) is 7.79. The van der Waals surface area contributed by atoms with E-state index < -0.39 is 0 Å². The lowest BCUT2D eigenvalue weighted by atomic mass is 10.0. The number of para-hydroxylation sites is 2. The monoisotopic (exact) mass is 445 g/mol. The topological polar surface area (TPSA) is 78.9 Å². The second kappa shape index (κ2) is 9.42. The lowest BCUT2D eigenvalue weighted by molar-refractivity contribution is 0.102. The molecule has 6 heteroatoms. The molecule has 0 unspecified atom stereocenters. The standard InChI is InChI=1S/C28H23N5O/c1-29-28-30-18-21-17-20(13-16-25(21)33-28)19-11-14-23(15-12-19)32-27(34)24-9-5-6-10-26(24)31-22-7-3-2-4-8-22/h2-18,31H,1H3,(H,32,34)(H,29,30,33). The number of hydrogen-bond donors (Lipinski definition) is 3. The molecule has 0 saturated carbocycles. The van der Waals surface area contributed by atoms with Crippen LogP contribution in [0, 0.1) is 0 Å². The van der Waals surface area contributed by atoms with Crippen LogP contribution in [0.2, 0.25) is 0 Å². The van der Waals surface area contributed by atoms with Crippen LogP contribution in [0.3, 0.4) is 0 Å². The van der Waals surface area contributed by atoms with Crippen molar-refractivity contribution in [1.29, 1.82) is 0 Å². The molecule has 0 aliphatic rings. The predicted molar refractivity (Wildman–Crippen MR) is 139 cm³/mol. The van der Waals surface area contributed by atoms with Crippen LogP contribution in [0.5, 0.6) is 0 Å². The number of aromatic nitrogens is 2. The summed E-state index contributed by atoms with van der Waals surface area (Å²) in [5, 5.41) is 10.2. The van der Waals surface area contributed by atoms with Crippen molar-refractivity contribution in [1.82, 2.24) is 9.97 Å². The van der Waals surface area contributed by atoms with Gasteiger partial charge in [-0.2, -0.15) is 0 Å². The number of nitrogens with one attached hydrogen (secondary N) is 3. The van der Waals surface area contributed by atoms with Crippen molar-refractivity contribution in [2.24, 2.45) is 0 Å². The zero-order valence-electron chi connectivity index (χ0n) is 18.6. The Morgan fingerprint density at radius 3 is 2.29 bits per heavy atom. The first kappa shape index (κ1) is 21.2. The van der Waals surface area contributed by atoms with Crippen molar-refractivity contribution in [3.8, 4) is 11.1 Å². The third-order valence-corrected chi connectivity index (χ3v) is 5.50. The number of rotatable bonds is 6. The molecule has 166 valence electrons. The van der Waals surface area contributed by atoms with Crippen molar-refractivity contribution in [3.63, 3.8) is 0 Å². The minimum absolute atomic E-state index is 0.171. The van der Waals surface area contributed by atoms with Crippen molar-refractivity contribution >= 4 is 39.8 Å². The number of carbonyl (C=O) groups excluding carboxylic acids is 1. The Hall–Kier alpha value is -4.71. The number of nitrogens with zero attached hydrogens (tertiary/aromatic N) is 2. The van der Waals surface area contributed by atoms with Gasteiger partial charge in [-0.3, -0.25) is 4.79 Å². The maximum absolute atomic E-state index is 13.0. The Kier molecular flexibility index (Phi) is 5.86. The van der Waals surface area contributed by atoms with Crippen molar-refractivity contribution < 1.29 is 4.79 Å². The molecule has 0 radical (unpaired) electrons. The third kappa shape index (κ3) is 4.56. The highest BCUT2D eigenvalue weighted by Gasteiger charge is 2.12. The molecule has 3 N–H and O–H groups in total. The summed E-state index contributed by atoms with van der Waals surface area (Å²) in [6.45, 7) is 0. The van der Waals surface area contributed by atoms with Gasteiger partial charge >= 0.3 is 0 Å². The normalized spacial score (nSPS) is 10.6. The number of hydrogen-bond acceptors (Lipinski definition) is 5. The summed E-state index contributed by atoms with van der Waals surface area (Å²) < 4.78 is 0. The van der Waals surface area contributed by atoms with Crippen LogP contribution in [-0.4, -0.2) is 22.9 Å². The molecule has 0 saturated heterocycles. The minimum atomic E-state index is -0.171. The quantitative estimate of drug-likeness (QED) is 0.284. The molecule has 0 fully saturated rings. The van der Waals surface area contributed by atoms with Crippen LogP contribution in [0.25, 0.3) is 22.0 Å². The van der Waals surface area contributed by atoms with Crippen LogP contribution in [-0.2, 0) is 0 Å². The van der Waals surface area contributed by atoms with Gasteiger partial charge in [-0.15, -0.1) is 0 Å². The van der Waals surface area contributed by atoms with E-state index in [1.807, 2.05) is 97.2 Å². The molecule has 6 nitrogen and oxygen atoms in total. The Balaban J connectivity index is 1.33. The molecule has 1 heterocycles. The minimum Gasteiger partial charge on any atom is -0.357 e. The predicted octanol–water partition coefficient (Wildman–Crippen LogP) is 6.33. The van der Waals surface area contributed by atoms with Gasteiger partial charge in [-0.25, -0.2) is 9.97 Å². The molecule has 5 rings (SSSR count). The summed E-state index contributed by atoms with van der Waals surface area (Å²) in [4.78, 5) is 21.8. The molecular weight excluding hydrogens is 422 g/mol. The summed E-state index contributed by atoms with van der Waals surface area (Å²) in [6.07, 6.45) is 1.81. The highest BCUT2D eigenvalue weighted by molar-refractivity contribution is 6.08. The number of anilines is 4. The van der Waals surface area contributed by atoms with Gasteiger partial charge in [0.1, 0.15) is 0 Å². The summed E-state index contributed by atoms with van der Waals surface area (Å²) in [5.41, 5.74) is 5.97. The van der Waals surface area contributed by atoms with E-state index in [4.69, 9.17) is 0 Å². The number of amides is 1. The summed E-state index contributed by atoms with van der Waals surface area (Å²) in [6, 6.07) is 31.2. The molecule has 34 heavy (non-hydrogen) atoms. The van der Waals surface area contributed by atoms with Crippen LogP contribution < -0.4 is 16.0 Å². The van der Waals surface area contributed by atoms with E-state index >= 15 is 0 Å². The van der Waals surface area contributed by atoms with Gasteiger partial charge in [-0.1, -0.05) is 48.5 Å². The summed E-state index contributed by atoms with van der Waals surface area (Å²) >= 11 is 0. The fourth-order valence-corrected chi connectivity index (χ4v) is 3.74. The van der Waals surface area contributed by atoms with E-state index in [2.05, 4.69) is 32.0 Å². The van der Waals surface area contributed by atoms with E-state index in [1.165, 1.54) is 0 Å². The van der Waals surface area contributed by atoms with Gasteiger partial charge in [0.25, 0.3) is 5.91 Å². The zero-order chi connectivity index (χ0) is 23.3. The van der Waals surface area contributed by atoms with E-state index in [1.54, 1.807) is 7.05 Å². The molecule has 0 aliphatic heterocycles. The Morgan fingerprint density at radius 1 is 0.765 bits per heavy atom. The Morgan fingerprint density at radius 2 is 1.50 bits per heavy atom. The first-order valence-corrected chi connectivity index (χ1v) is 11.0. The van der Waals surface area contributed by atoms with Crippen LogP contribution in [0.15, 0.2) is 103 Å². The highest BCUT2D eigenvalue weighted by atomic mass is 16.1. The molecule has 5 aromatic rings. The van der Waals surface area contributed by atoms with Crippen molar-refractivity contribution in [2.45, 2.75) is 0 Å². The average Bonchev–Trinajstić information content (AvgIpc) is 2.89. The lowest BCUT2D eigenvalue weighted by Gasteiger charge is -2.13. The van der Waals surface area contributed by atoms with E-state index in [0.717, 1.165) is 39.1 Å². The van der Waals surface area contributed by atoms with Gasteiger partial charge in [0.2, 0.25) is 5.95 Å². The van der Waals surface area contributed by atoms with Crippen molar-refractivity contribution in [3.05, 3.63) is 109 Å². The molecule has 4 aromatic carbocycles. The summed E-state index contributed by atoms with van der Waals surface area (Å²) in [5.74, 6) is 0.427. The Labute approximate surface area is 197 Å². The van der Waals surface area contributed by atoms with Gasteiger partial charge in [0, 0.05) is 30.0 Å². The fourth-order valence-electron chi connectivity index (χ4n) is 3.74. The third-order valence-electron chi connectivity index (χ3n) is 5.50. The molecule has 0 atom stereocenters. The largest absolute Gasteiger partial charge is 0.357 e. The molecular formula is C28H23N5O. The maximum Gasteiger partial charge on any atom is 0.257 e. The molecule has 1 amide bonds. The zero-order valence-corrected chi connectivity index (χ0v) is 18.6. The first-order valence-electron chi connectivity index (χ1n) is 11.0. The van der Waals surface area contributed by atoms with E-state index in [-0.39, 0.29) is 5.91 Å². The fraction of sp³-hybridized carbons (Fsp3) is 0.0357. The summed E-state index contributed by atoms with van der Waals surface area (Å²) in [7, 11) is 1.80. The Bertz CT molecular complexity index is 1450. The van der Waals surface area contributed by atoms with Gasteiger partial charge in [0.15, 0.2) is 0 Å². The highest BCUT2D eigenvalue weighted by Crippen LogP contribution is 2.26. The molecule has 0 aliphatic carbocycles. The second-order valence-corrected chi connectivity index (χ2v) is 7.79. The van der Waals surface area contributed by atoms with E-state index in [0.29, 0.717) is 11.5 Å². The maximum atomic E-state index is 13.0. The van der Waals surface area contributed by atoms with Gasteiger partial charge in [-0.05, 0) is 59.7 Å². The smallest absolute Gasteiger partial charge is 0.257 e.